The summed E-state index contributed by atoms with van der Waals surface area (Å²) in [7, 11) is 0. The molecule has 0 bridgehead atoms. The van der Waals surface area contributed by atoms with E-state index in [1.165, 1.54) is 0 Å². The second-order valence-corrected chi connectivity index (χ2v) is 2.01. The molecule has 0 atom stereocenters. The molecule has 0 aromatic carbocycles. The molecule has 14 heavy (non-hydrogen) atoms. The van der Waals surface area contributed by atoms with Crippen LogP contribution in [-0.2, 0) is 14.4 Å². The molecule has 0 unspecified atom stereocenters. The van der Waals surface area contributed by atoms with E-state index >= 15 is 0 Å². The lowest BCUT2D eigenvalue weighted by atomic mass is 10.4. The Kier molecular flexibility index (Phi) is 4.30. The van der Waals surface area contributed by atoms with Gasteiger partial charge in [-0.05, 0) is 11.8 Å². The number of hydrogen-bond acceptors (Lipinski definition) is 3. The van der Waals surface area contributed by atoms with Crippen molar-refractivity contribution in [1.29, 1.82) is 0 Å². The molecule has 0 rings (SSSR count). The van der Waals surface area contributed by atoms with Gasteiger partial charge in [-0.2, -0.15) is 0 Å². The fourth-order valence-corrected chi connectivity index (χ4v) is 0.505. The van der Waals surface area contributed by atoms with E-state index in [4.69, 9.17) is 5.11 Å². The number of terminal acetylenes is 2. The maximum atomic E-state index is 10.6. The van der Waals surface area contributed by atoms with E-state index in [9.17, 15) is 14.4 Å². The van der Waals surface area contributed by atoms with Crippen LogP contribution in [0.3, 0.4) is 0 Å². The van der Waals surface area contributed by atoms with Gasteiger partial charge in [0.15, 0.2) is 0 Å². The monoisotopic (exact) mass is 194 g/mol. The second kappa shape index (κ2) is 5.22. The van der Waals surface area contributed by atoms with E-state index in [0.29, 0.717) is 0 Å². The Hall–Kier alpha value is -2.47. The molecule has 0 aromatic heterocycles. The molecule has 0 aromatic rings. The highest BCUT2D eigenvalue weighted by molar-refractivity contribution is 5.99. The number of carboxylic acid groups (broad SMARTS) is 1. The molecule has 0 aliphatic carbocycles. The van der Waals surface area contributed by atoms with Crippen LogP contribution in [0.15, 0.2) is 0 Å². The Morgan fingerprint density at radius 2 is 1.43 bits per heavy atom. The van der Waals surface area contributed by atoms with Crippen LogP contribution in [0.2, 0.25) is 0 Å². The smallest absolute Gasteiger partial charge is 0.347 e. The minimum Gasteiger partial charge on any atom is -0.478 e. The highest BCUT2D eigenvalue weighted by atomic mass is 16.4. The van der Waals surface area contributed by atoms with Gasteiger partial charge in [-0.1, -0.05) is 0 Å². The zero-order valence-electron chi connectivity index (χ0n) is 6.90. The number of hydrogen-bond donors (Lipinski definition) is 3. The van der Waals surface area contributed by atoms with E-state index in [2.05, 4.69) is 12.8 Å². The third kappa shape index (κ3) is 3.79. The summed E-state index contributed by atoms with van der Waals surface area (Å²) in [6, 6.07) is 0. The predicted octanol–water partition coefficient (Wildman–Crippen LogP) is -2.10. The van der Waals surface area contributed by atoms with Crippen molar-refractivity contribution in [2.24, 2.45) is 0 Å². The van der Waals surface area contributed by atoms with Crippen molar-refractivity contribution in [3.8, 4) is 24.7 Å². The highest BCUT2D eigenvalue weighted by Gasteiger charge is 2.20. The van der Waals surface area contributed by atoms with Crippen LogP contribution in [0.25, 0.3) is 0 Å². The summed E-state index contributed by atoms with van der Waals surface area (Å²) in [5.41, 5.74) is 0. The van der Waals surface area contributed by atoms with Crippen molar-refractivity contribution < 1.29 is 19.5 Å². The van der Waals surface area contributed by atoms with E-state index in [1.807, 2.05) is 10.6 Å². The summed E-state index contributed by atoms with van der Waals surface area (Å²) in [6.07, 6.45) is 7.73. The lowest BCUT2D eigenvalue weighted by molar-refractivity contribution is -0.143. The predicted molar refractivity (Wildman–Crippen MR) is 45.4 cm³/mol. The third-order valence-electron chi connectivity index (χ3n) is 1.06. The molecule has 0 saturated carbocycles. The molecule has 0 spiro atoms. The van der Waals surface area contributed by atoms with Gasteiger partial charge in [0, 0.05) is 0 Å². The fraction of sp³-hybridized carbons (Fsp3) is 0.125. The van der Waals surface area contributed by atoms with Crippen molar-refractivity contribution in [2.75, 3.05) is 0 Å². The summed E-state index contributed by atoms with van der Waals surface area (Å²) >= 11 is 0. The third-order valence-corrected chi connectivity index (χ3v) is 1.06. The van der Waals surface area contributed by atoms with E-state index in [1.54, 1.807) is 11.8 Å². The van der Waals surface area contributed by atoms with E-state index < -0.39 is 23.9 Å². The summed E-state index contributed by atoms with van der Waals surface area (Å²) in [5.74, 6) is -0.151. The molecule has 3 N–H and O–H groups in total. The number of carbonyl (C=O) groups excluding carboxylic acids is 2. The van der Waals surface area contributed by atoms with Crippen LogP contribution in [0.5, 0.6) is 0 Å². The first-order chi connectivity index (χ1) is 6.51. The Bertz CT molecular complexity index is 319. The van der Waals surface area contributed by atoms with Crippen LogP contribution in [0, 0.1) is 24.7 Å². The number of carbonyl (C=O) groups is 3. The number of nitrogens with one attached hydrogen (secondary N) is 2. The number of carboxylic acids is 1. The zero-order chi connectivity index (χ0) is 11.1. The van der Waals surface area contributed by atoms with Crippen LogP contribution >= 0.6 is 0 Å². The standard InChI is InChI=1S/C8H6N2O4/c1-3-5(11)9-7(8(13)14)10-6(12)4-2/h1-2,7H,(H,9,11)(H,10,12)(H,13,14). The molecule has 6 heteroatoms. The van der Waals surface area contributed by atoms with Gasteiger partial charge in [0.2, 0.25) is 6.17 Å². The fourth-order valence-electron chi connectivity index (χ4n) is 0.505. The summed E-state index contributed by atoms with van der Waals surface area (Å²) in [5, 5.41) is 12.2. The molecular weight excluding hydrogens is 188 g/mol. The largest absolute Gasteiger partial charge is 0.478 e. The summed E-state index contributed by atoms with van der Waals surface area (Å²) in [6.45, 7) is 0. The Balaban J connectivity index is 4.42. The van der Waals surface area contributed by atoms with Gasteiger partial charge in [0.1, 0.15) is 0 Å². The molecule has 0 heterocycles. The first-order valence-corrected chi connectivity index (χ1v) is 3.28. The first kappa shape index (κ1) is 11.5. The number of aliphatic carboxylic acids is 1. The van der Waals surface area contributed by atoms with Crippen LogP contribution in [0.1, 0.15) is 0 Å². The zero-order valence-corrected chi connectivity index (χ0v) is 6.90. The topological polar surface area (TPSA) is 95.5 Å². The maximum absolute atomic E-state index is 10.6. The van der Waals surface area contributed by atoms with Gasteiger partial charge in [0.05, 0.1) is 0 Å². The highest BCUT2D eigenvalue weighted by Crippen LogP contribution is 1.79. The molecule has 0 saturated heterocycles. The number of amides is 2. The summed E-state index contributed by atoms with van der Waals surface area (Å²) in [4.78, 5) is 31.6. The molecular formula is C8H6N2O4. The first-order valence-electron chi connectivity index (χ1n) is 3.28. The van der Waals surface area contributed by atoms with Crippen molar-refractivity contribution in [2.45, 2.75) is 6.17 Å². The molecule has 0 aliphatic heterocycles. The van der Waals surface area contributed by atoms with Gasteiger partial charge in [-0.15, -0.1) is 12.8 Å². The molecule has 2 amide bonds. The average Bonchev–Trinajstić information content (AvgIpc) is 2.16. The molecule has 0 fully saturated rings. The molecule has 0 aliphatic rings. The Morgan fingerprint density at radius 3 is 1.64 bits per heavy atom. The van der Waals surface area contributed by atoms with Crippen LogP contribution in [-0.4, -0.2) is 29.1 Å². The van der Waals surface area contributed by atoms with Crippen molar-refractivity contribution in [3.05, 3.63) is 0 Å². The van der Waals surface area contributed by atoms with E-state index in [-0.39, 0.29) is 0 Å². The lowest BCUT2D eigenvalue weighted by Gasteiger charge is -2.11. The average molecular weight is 194 g/mol. The van der Waals surface area contributed by atoms with Crippen molar-refractivity contribution in [3.63, 3.8) is 0 Å². The van der Waals surface area contributed by atoms with Gasteiger partial charge in [0.25, 0.3) is 11.8 Å². The normalized spacial score (nSPS) is 8.21. The van der Waals surface area contributed by atoms with Gasteiger partial charge in [-0.25, -0.2) is 4.79 Å². The molecule has 72 valence electrons. The minimum atomic E-state index is -1.62. The Labute approximate surface area is 79.7 Å². The maximum Gasteiger partial charge on any atom is 0.347 e. The van der Waals surface area contributed by atoms with Crippen molar-refractivity contribution in [1.82, 2.24) is 10.6 Å². The van der Waals surface area contributed by atoms with Gasteiger partial charge in [-0.3, -0.25) is 9.59 Å². The quantitative estimate of drug-likeness (QED) is 0.354. The number of rotatable bonds is 3. The van der Waals surface area contributed by atoms with Crippen molar-refractivity contribution >= 4 is 17.8 Å². The van der Waals surface area contributed by atoms with Gasteiger partial charge < -0.3 is 15.7 Å². The minimum absolute atomic E-state index is 0.963. The van der Waals surface area contributed by atoms with Crippen LogP contribution < -0.4 is 10.6 Å². The molecule has 0 radical (unpaired) electrons. The second-order valence-electron chi connectivity index (χ2n) is 2.01. The van der Waals surface area contributed by atoms with Crippen LogP contribution in [0.4, 0.5) is 0 Å². The lowest BCUT2D eigenvalue weighted by Crippen LogP contribution is -2.52. The molecule has 6 nitrogen and oxygen atoms in total. The van der Waals surface area contributed by atoms with E-state index in [0.717, 1.165) is 0 Å². The van der Waals surface area contributed by atoms with Gasteiger partial charge >= 0.3 is 5.97 Å². The Morgan fingerprint density at radius 1 is 1.07 bits per heavy atom. The summed E-state index contributed by atoms with van der Waals surface area (Å²) < 4.78 is 0. The SMILES string of the molecule is C#CC(=O)NC(NC(=O)C#C)C(=O)O.